The predicted molar refractivity (Wildman–Crippen MR) is 318 cm³/mol. The van der Waals surface area contributed by atoms with Crippen LogP contribution in [-0.4, -0.2) is 147 Å². The molecule has 3 heterocycles. The Balaban J connectivity index is 1.26. The molecule has 8 amide bonds. The molecule has 21 nitrogen and oxygen atoms in total. The van der Waals surface area contributed by atoms with Crippen LogP contribution in [0.25, 0.3) is 21.7 Å². The number of pyridine rings is 1. The summed E-state index contributed by atoms with van der Waals surface area (Å²) in [7, 11) is 3.37. The highest BCUT2D eigenvalue weighted by atomic mass is 35.5. The van der Waals surface area contributed by atoms with Crippen molar-refractivity contribution in [2.75, 3.05) is 25.1 Å². The first-order valence-electron chi connectivity index (χ1n) is 26.8. The number of nitrogens with one attached hydrogen (secondary N) is 7. The third-order valence-electron chi connectivity index (χ3n) is 14.1. The highest BCUT2D eigenvalue weighted by Crippen LogP contribution is 2.26. The summed E-state index contributed by atoms with van der Waals surface area (Å²) in [4.78, 5) is 124. The molecule has 1 aliphatic rings. The van der Waals surface area contributed by atoms with Crippen molar-refractivity contribution < 1.29 is 43.5 Å². The molecule has 0 bridgehead atoms. The third kappa shape index (κ3) is 17.2. The quantitative estimate of drug-likeness (QED) is 0.0434. The van der Waals surface area contributed by atoms with Gasteiger partial charge in [-0.1, -0.05) is 112 Å². The summed E-state index contributed by atoms with van der Waals surface area (Å²) in [6.07, 6.45) is 3.81. The van der Waals surface area contributed by atoms with E-state index in [2.05, 4.69) is 41.9 Å². The lowest BCUT2D eigenvalue weighted by molar-refractivity contribution is -0.144. The molecule has 0 saturated carbocycles. The first-order valence-corrected chi connectivity index (χ1v) is 29.7. The summed E-state index contributed by atoms with van der Waals surface area (Å²) in [5.41, 5.74) is 21.5. The minimum atomic E-state index is -1.69. The van der Waals surface area contributed by atoms with Gasteiger partial charge in [-0.3, -0.25) is 43.3 Å². The van der Waals surface area contributed by atoms with E-state index in [1.165, 1.54) is 20.2 Å². The fourth-order valence-electron chi connectivity index (χ4n) is 9.40. The Bertz CT molecular complexity index is 3210. The Hall–Kier alpha value is -7.54. The second kappa shape index (κ2) is 30.0. The number of H-pyrrole nitrogens is 1. The number of fused-ring (bicyclic) bond motifs is 2. The molecule has 24 heteroatoms. The van der Waals surface area contributed by atoms with Gasteiger partial charge in [-0.25, -0.2) is 0 Å². The van der Waals surface area contributed by atoms with Crippen LogP contribution in [0.4, 0.5) is 0 Å². The standard InChI is InChI=1S/C58H69ClN12O9S2/c1-33(72)50-58(80)71(2)49(57(79)66-45(51(62)73)26-35-16-19-37-11-3-4-12-38(37)24-35)32-82-81-31-48(69-52(74)42(61)25-34-17-20-40(59)21-18-34)56(78)67-46(27-36-10-9-23-63-29-36)54(76)68-47(28-39-30-64-43-14-6-5-13-41(39)43)55(77)65-44(53(75)70-50)15-7-8-22-60/h3-6,9-14,16-21,23-24,29-30,33,42,44-50,64,72H,7-8,15,22,25-28,31-32,60-61H2,1-2H3,(H2,62,73)(H,65,77)(H,66,79)(H,67,78)(H,68,76)(H,69,74)(H,70,75)/t33-,42+,44+,45+,46+,47?,48?,49?,50+/m1/s1. The number of primary amides is 1. The van der Waals surface area contributed by atoms with E-state index in [1.807, 2.05) is 66.7 Å². The Labute approximate surface area is 487 Å². The van der Waals surface area contributed by atoms with Crippen molar-refractivity contribution in [3.8, 4) is 0 Å². The van der Waals surface area contributed by atoms with Crippen molar-refractivity contribution in [3.05, 3.63) is 149 Å². The van der Waals surface area contributed by atoms with Crippen LogP contribution in [0.15, 0.2) is 122 Å². The number of aromatic nitrogens is 2. The zero-order chi connectivity index (χ0) is 58.9. The van der Waals surface area contributed by atoms with Crippen LogP contribution in [0.1, 0.15) is 48.4 Å². The van der Waals surface area contributed by atoms with Gasteiger partial charge in [0.15, 0.2) is 0 Å². The van der Waals surface area contributed by atoms with Crippen LogP contribution >= 0.6 is 33.2 Å². The van der Waals surface area contributed by atoms with E-state index in [9.17, 15) is 43.5 Å². The van der Waals surface area contributed by atoms with Gasteiger partial charge in [-0.15, -0.1) is 0 Å². The molecule has 1 fully saturated rings. The van der Waals surface area contributed by atoms with E-state index in [0.29, 0.717) is 40.1 Å². The van der Waals surface area contributed by atoms with Crippen LogP contribution in [-0.2, 0) is 64.0 Å². The lowest BCUT2D eigenvalue weighted by Gasteiger charge is -2.33. The molecular formula is C58H69ClN12O9S2. The first-order chi connectivity index (χ1) is 39.4. The molecule has 1 saturated heterocycles. The molecule has 6 aromatic rings. The van der Waals surface area contributed by atoms with E-state index in [4.69, 9.17) is 28.8 Å². The number of aromatic amines is 1. The summed E-state index contributed by atoms with van der Waals surface area (Å²) in [5.74, 6) is -7.00. The molecule has 434 valence electrons. The number of hydrogen-bond acceptors (Lipinski definition) is 14. The zero-order valence-electron chi connectivity index (χ0n) is 45.3. The second-order valence-corrected chi connectivity index (χ2v) is 23.2. The van der Waals surface area contributed by atoms with Gasteiger partial charge in [0.2, 0.25) is 47.3 Å². The monoisotopic (exact) mass is 1180 g/mol. The minimum Gasteiger partial charge on any atom is -0.391 e. The number of para-hydroxylation sites is 1. The van der Waals surface area contributed by atoms with Crippen molar-refractivity contribution in [1.82, 2.24) is 46.8 Å². The average molecular weight is 1180 g/mol. The van der Waals surface area contributed by atoms with Crippen LogP contribution in [0.5, 0.6) is 0 Å². The number of nitrogens with zero attached hydrogens (tertiary/aromatic N) is 2. The van der Waals surface area contributed by atoms with Gasteiger partial charge in [0.25, 0.3) is 0 Å². The largest absolute Gasteiger partial charge is 0.391 e. The van der Waals surface area contributed by atoms with Crippen molar-refractivity contribution in [3.63, 3.8) is 0 Å². The molecule has 9 atom stereocenters. The van der Waals surface area contributed by atoms with E-state index < -0.39 is 102 Å². The lowest BCUT2D eigenvalue weighted by atomic mass is 10.0. The van der Waals surface area contributed by atoms with Crippen molar-refractivity contribution in [1.29, 1.82) is 0 Å². The highest BCUT2D eigenvalue weighted by molar-refractivity contribution is 8.76. The zero-order valence-corrected chi connectivity index (χ0v) is 47.7. The third-order valence-corrected chi connectivity index (χ3v) is 16.7. The molecule has 0 spiro atoms. The van der Waals surface area contributed by atoms with E-state index in [0.717, 1.165) is 48.2 Å². The topological polar surface area (TPSA) is 339 Å². The van der Waals surface area contributed by atoms with Crippen LogP contribution < -0.4 is 49.1 Å². The normalized spacial score (nSPS) is 21.0. The number of carbonyl (C=O) groups is 8. The summed E-state index contributed by atoms with van der Waals surface area (Å²) < 4.78 is 0. The molecule has 7 rings (SSSR count). The van der Waals surface area contributed by atoms with Gasteiger partial charge in [0.1, 0.15) is 42.3 Å². The number of likely N-dealkylation sites (N-methyl/N-ethyl adjacent to an activating group) is 1. The van der Waals surface area contributed by atoms with Crippen LogP contribution in [0.2, 0.25) is 5.02 Å². The molecule has 3 unspecified atom stereocenters. The number of halogens is 1. The number of aliphatic hydroxyl groups is 1. The SMILES string of the molecule is C[C@@H](O)[C@@H]1NC(=O)[C@H](CCCCN)NC(=O)C(Cc2c[nH]c3ccccc23)NC(=O)[C@H](Cc2cccnc2)NC(=O)C(NC(=O)[C@@H](N)Cc2ccc(Cl)cc2)CSSCC(C(=O)N[C@@H](Cc2ccc3ccccc3c2)C(N)=O)N(C)C1=O. The maximum atomic E-state index is 14.9. The fraction of sp³-hybridized carbons (Fsp3) is 0.362. The number of carbonyl (C=O) groups excluding carboxylic acids is 8. The summed E-state index contributed by atoms with van der Waals surface area (Å²) in [6, 6.07) is 19.5. The highest BCUT2D eigenvalue weighted by Gasteiger charge is 2.39. The summed E-state index contributed by atoms with van der Waals surface area (Å²) in [5, 5.41) is 30.8. The summed E-state index contributed by atoms with van der Waals surface area (Å²) in [6.45, 7) is 1.53. The fourth-order valence-corrected chi connectivity index (χ4v) is 12.0. The number of benzene rings is 4. The number of unbranched alkanes of at least 4 members (excludes halogenated alkanes) is 1. The number of nitrogens with two attached hydrogens (primary N) is 3. The smallest absolute Gasteiger partial charge is 0.248 e. The number of aliphatic hydroxyl groups excluding tert-OH is 1. The van der Waals surface area contributed by atoms with Crippen molar-refractivity contribution in [2.24, 2.45) is 17.2 Å². The number of amides is 8. The number of hydrogen-bond donors (Lipinski definition) is 11. The molecule has 14 N–H and O–H groups in total. The molecule has 0 radical (unpaired) electrons. The van der Waals surface area contributed by atoms with Crippen LogP contribution in [0.3, 0.4) is 0 Å². The van der Waals surface area contributed by atoms with Gasteiger partial charge in [0, 0.05) is 72.3 Å². The second-order valence-electron chi connectivity index (χ2n) is 20.2. The molecule has 1 aliphatic heterocycles. The molecule has 4 aromatic carbocycles. The molecule has 0 aliphatic carbocycles. The lowest BCUT2D eigenvalue weighted by Crippen LogP contribution is -2.62. The van der Waals surface area contributed by atoms with Crippen molar-refractivity contribution >= 4 is 102 Å². The maximum Gasteiger partial charge on any atom is 0.248 e. The van der Waals surface area contributed by atoms with Gasteiger partial charge in [-0.05, 0) is 96.4 Å². The minimum absolute atomic E-state index is 0.0130. The predicted octanol–water partition coefficient (Wildman–Crippen LogP) is 2.09. The molecular weight excluding hydrogens is 1110 g/mol. The van der Waals surface area contributed by atoms with Gasteiger partial charge < -0.3 is 64.1 Å². The molecule has 82 heavy (non-hydrogen) atoms. The first kappa shape index (κ1) is 62.1. The van der Waals surface area contributed by atoms with Gasteiger partial charge >= 0.3 is 0 Å². The van der Waals surface area contributed by atoms with E-state index in [1.54, 1.807) is 48.8 Å². The Morgan fingerprint density at radius 3 is 2.13 bits per heavy atom. The Morgan fingerprint density at radius 2 is 1.43 bits per heavy atom. The van der Waals surface area contributed by atoms with Gasteiger partial charge in [0.05, 0.1) is 12.1 Å². The van der Waals surface area contributed by atoms with E-state index >= 15 is 0 Å². The van der Waals surface area contributed by atoms with Crippen LogP contribution in [0, 0.1) is 0 Å². The Morgan fingerprint density at radius 1 is 0.768 bits per heavy atom. The van der Waals surface area contributed by atoms with Gasteiger partial charge in [-0.2, -0.15) is 0 Å². The Kier molecular flexibility index (Phi) is 22.7. The maximum absolute atomic E-state index is 14.9. The number of rotatable bonds is 18. The molecule has 2 aromatic heterocycles. The average Bonchev–Trinajstić information content (AvgIpc) is 3.87. The van der Waals surface area contributed by atoms with Crippen molar-refractivity contribution in [2.45, 2.75) is 106 Å². The summed E-state index contributed by atoms with van der Waals surface area (Å²) >= 11 is 6.11. The van der Waals surface area contributed by atoms with E-state index in [-0.39, 0.29) is 50.2 Å².